The highest BCUT2D eigenvalue weighted by molar-refractivity contribution is 6.00. The van der Waals surface area contributed by atoms with E-state index in [2.05, 4.69) is 10.4 Å². The van der Waals surface area contributed by atoms with Crippen LogP contribution in [0.15, 0.2) is 54.4 Å². The van der Waals surface area contributed by atoms with Crippen LogP contribution in [0.3, 0.4) is 0 Å². The quantitative estimate of drug-likeness (QED) is 0.740. The van der Waals surface area contributed by atoms with Gasteiger partial charge in [0.25, 0.3) is 0 Å². The van der Waals surface area contributed by atoms with Crippen LogP contribution in [0.5, 0.6) is 0 Å². The molecule has 4 rings (SSSR count). The van der Waals surface area contributed by atoms with Crippen molar-refractivity contribution in [1.82, 2.24) is 20.0 Å². The number of aromatic nitrogens is 2. The number of urea groups is 1. The zero-order valence-electron chi connectivity index (χ0n) is 16.4. The van der Waals surface area contributed by atoms with Gasteiger partial charge in [-0.25, -0.2) is 9.18 Å². The number of aryl methyl sites for hydroxylation is 2. The number of benzene rings is 2. The van der Waals surface area contributed by atoms with Gasteiger partial charge in [0.05, 0.1) is 17.8 Å². The Kier molecular flexibility index (Phi) is 4.66. The van der Waals surface area contributed by atoms with E-state index in [4.69, 9.17) is 0 Å². The molecular weight excluding hydrogens is 371 g/mol. The summed E-state index contributed by atoms with van der Waals surface area (Å²) < 4.78 is 15.1. The number of nitrogens with one attached hydrogen (secondary N) is 1. The molecule has 3 aromatic rings. The SMILES string of the molecule is Cc1cc2cnn(C)c2cc1CC(=O)C1=CN(C)C(=O)N[C@H]1c1ccc(F)cc1. The minimum atomic E-state index is -0.618. The van der Waals surface area contributed by atoms with Gasteiger partial charge in [-0.2, -0.15) is 5.10 Å². The van der Waals surface area contributed by atoms with Gasteiger partial charge in [-0.15, -0.1) is 0 Å². The third-order valence-corrected chi connectivity index (χ3v) is 5.31. The summed E-state index contributed by atoms with van der Waals surface area (Å²) in [5, 5.41) is 8.11. The largest absolute Gasteiger partial charge is 0.327 e. The molecule has 0 saturated heterocycles. The second kappa shape index (κ2) is 7.16. The highest BCUT2D eigenvalue weighted by Crippen LogP contribution is 2.28. The molecular formula is C22H21FN4O2. The van der Waals surface area contributed by atoms with Crippen molar-refractivity contribution in [3.8, 4) is 0 Å². The molecule has 2 heterocycles. The summed E-state index contributed by atoms with van der Waals surface area (Å²) in [6.45, 7) is 1.97. The lowest BCUT2D eigenvalue weighted by atomic mass is 9.90. The Morgan fingerprint density at radius 1 is 1.21 bits per heavy atom. The van der Waals surface area contributed by atoms with Crippen molar-refractivity contribution in [3.05, 3.63) is 76.9 Å². The Morgan fingerprint density at radius 3 is 2.66 bits per heavy atom. The highest BCUT2D eigenvalue weighted by Gasteiger charge is 2.30. The van der Waals surface area contributed by atoms with Crippen LogP contribution in [0.2, 0.25) is 0 Å². The topological polar surface area (TPSA) is 67.2 Å². The number of rotatable bonds is 4. The molecule has 0 fully saturated rings. The van der Waals surface area contributed by atoms with Gasteiger partial charge in [-0.1, -0.05) is 12.1 Å². The predicted octanol–water partition coefficient (Wildman–Crippen LogP) is 3.41. The maximum atomic E-state index is 13.3. The molecule has 148 valence electrons. The third-order valence-electron chi connectivity index (χ3n) is 5.31. The smallest absolute Gasteiger partial charge is 0.321 e. The average Bonchev–Trinajstić information content (AvgIpc) is 3.04. The molecule has 1 N–H and O–H groups in total. The van der Waals surface area contributed by atoms with Crippen LogP contribution >= 0.6 is 0 Å². The highest BCUT2D eigenvalue weighted by atomic mass is 19.1. The Hall–Kier alpha value is -3.48. The van der Waals surface area contributed by atoms with Crippen molar-refractivity contribution < 1.29 is 14.0 Å². The second-order valence-electron chi connectivity index (χ2n) is 7.34. The van der Waals surface area contributed by atoms with Crippen LogP contribution in [0, 0.1) is 12.7 Å². The lowest BCUT2D eigenvalue weighted by Gasteiger charge is -2.30. The van der Waals surface area contributed by atoms with Gasteiger partial charge in [-0.3, -0.25) is 9.48 Å². The molecule has 29 heavy (non-hydrogen) atoms. The van der Waals surface area contributed by atoms with Crippen molar-refractivity contribution in [1.29, 1.82) is 0 Å². The number of amides is 2. The van der Waals surface area contributed by atoms with Crippen molar-refractivity contribution >= 4 is 22.7 Å². The van der Waals surface area contributed by atoms with E-state index in [1.54, 1.807) is 36.3 Å². The summed E-state index contributed by atoms with van der Waals surface area (Å²) in [5.41, 5.74) is 3.99. The maximum absolute atomic E-state index is 13.3. The molecule has 0 spiro atoms. The summed E-state index contributed by atoms with van der Waals surface area (Å²) in [5.74, 6) is -0.472. The molecule has 0 unspecified atom stereocenters. The molecule has 1 aliphatic rings. The molecule has 0 aliphatic carbocycles. The summed E-state index contributed by atoms with van der Waals surface area (Å²) in [7, 11) is 3.46. The van der Waals surface area contributed by atoms with Crippen LogP contribution in [0.1, 0.15) is 22.7 Å². The van der Waals surface area contributed by atoms with Gasteiger partial charge in [-0.05, 0) is 47.9 Å². The van der Waals surface area contributed by atoms with Crippen molar-refractivity contribution in [2.75, 3.05) is 7.05 Å². The number of nitrogens with zero attached hydrogens (tertiary/aromatic N) is 3. The van der Waals surface area contributed by atoms with Crippen LogP contribution in [-0.4, -0.2) is 33.5 Å². The molecule has 0 saturated carbocycles. The zero-order chi connectivity index (χ0) is 20.7. The Labute approximate surface area is 167 Å². The Bertz CT molecular complexity index is 1150. The Balaban J connectivity index is 1.69. The lowest BCUT2D eigenvalue weighted by molar-refractivity contribution is -0.115. The first kappa shape index (κ1) is 18.9. The Morgan fingerprint density at radius 2 is 1.93 bits per heavy atom. The van der Waals surface area contributed by atoms with Crippen molar-refractivity contribution in [2.45, 2.75) is 19.4 Å². The van der Waals surface area contributed by atoms with E-state index >= 15 is 0 Å². The van der Waals surface area contributed by atoms with Gasteiger partial charge >= 0.3 is 6.03 Å². The van der Waals surface area contributed by atoms with Gasteiger partial charge in [0, 0.05) is 37.7 Å². The van der Waals surface area contributed by atoms with E-state index in [-0.39, 0.29) is 24.1 Å². The monoisotopic (exact) mass is 392 g/mol. The van der Waals surface area contributed by atoms with E-state index in [9.17, 15) is 14.0 Å². The lowest BCUT2D eigenvalue weighted by Crippen LogP contribution is -2.43. The van der Waals surface area contributed by atoms with Crippen LogP contribution in [0.4, 0.5) is 9.18 Å². The molecule has 0 bridgehead atoms. The van der Waals surface area contributed by atoms with Gasteiger partial charge in [0.1, 0.15) is 5.82 Å². The van der Waals surface area contributed by atoms with Crippen LogP contribution in [0.25, 0.3) is 10.9 Å². The molecule has 0 radical (unpaired) electrons. The van der Waals surface area contributed by atoms with E-state index in [1.165, 1.54) is 17.0 Å². The van der Waals surface area contributed by atoms with E-state index in [0.29, 0.717) is 11.1 Å². The molecule has 2 aromatic carbocycles. The molecule has 2 amide bonds. The van der Waals surface area contributed by atoms with E-state index < -0.39 is 6.04 Å². The fourth-order valence-electron chi connectivity index (χ4n) is 3.62. The predicted molar refractivity (Wildman–Crippen MR) is 108 cm³/mol. The number of fused-ring (bicyclic) bond motifs is 1. The van der Waals surface area contributed by atoms with Crippen LogP contribution in [-0.2, 0) is 18.3 Å². The average molecular weight is 392 g/mol. The number of hydrogen-bond acceptors (Lipinski definition) is 3. The van der Waals surface area contributed by atoms with Crippen molar-refractivity contribution in [3.63, 3.8) is 0 Å². The fourth-order valence-corrected chi connectivity index (χ4v) is 3.62. The van der Waals surface area contributed by atoms with Gasteiger partial charge < -0.3 is 10.2 Å². The standard InChI is InChI=1S/C22H21FN4O2/c1-13-8-16-11-24-27(3)19(16)9-15(13)10-20(28)18-12-26(2)22(29)25-21(18)14-4-6-17(23)7-5-14/h4-9,11-12,21H,10H2,1-3H3,(H,25,29)/t21-/m0/s1. The van der Waals surface area contributed by atoms with E-state index in [0.717, 1.165) is 22.0 Å². The molecule has 1 atom stereocenters. The maximum Gasteiger partial charge on any atom is 0.321 e. The van der Waals surface area contributed by atoms with Gasteiger partial charge in [0.2, 0.25) is 0 Å². The number of carbonyl (C=O) groups is 2. The first-order chi connectivity index (χ1) is 13.8. The summed E-state index contributed by atoms with van der Waals surface area (Å²) in [6, 6.07) is 8.87. The first-order valence-electron chi connectivity index (χ1n) is 9.28. The molecule has 7 heteroatoms. The number of halogens is 1. The number of hydrogen-bond donors (Lipinski definition) is 1. The number of Topliss-reactive ketones (excluding diaryl/α,β-unsaturated/α-hetero) is 1. The summed E-state index contributed by atoms with van der Waals surface area (Å²) in [6.07, 6.45) is 3.56. The normalized spacial score (nSPS) is 16.7. The molecule has 1 aromatic heterocycles. The van der Waals surface area contributed by atoms with Crippen LogP contribution < -0.4 is 5.32 Å². The zero-order valence-corrected chi connectivity index (χ0v) is 16.4. The molecule has 1 aliphatic heterocycles. The third kappa shape index (κ3) is 3.51. The van der Waals surface area contributed by atoms with Gasteiger partial charge in [0.15, 0.2) is 5.78 Å². The second-order valence-corrected chi connectivity index (χ2v) is 7.34. The number of ketones is 1. The minimum Gasteiger partial charge on any atom is -0.327 e. The minimum absolute atomic E-state index is 0.101. The summed E-state index contributed by atoms with van der Waals surface area (Å²) >= 11 is 0. The fraction of sp³-hybridized carbons (Fsp3) is 0.227. The summed E-state index contributed by atoms with van der Waals surface area (Å²) in [4.78, 5) is 26.7. The number of carbonyl (C=O) groups excluding carboxylic acids is 2. The van der Waals surface area contributed by atoms with Crippen molar-refractivity contribution in [2.24, 2.45) is 7.05 Å². The molecule has 6 nitrogen and oxygen atoms in total. The first-order valence-corrected chi connectivity index (χ1v) is 9.28. The van der Waals surface area contributed by atoms with E-state index in [1.807, 2.05) is 26.1 Å².